The van der Waals surface area contributed by atoms with Crippen LogP contribution in [0.3, 0.4) is 0 Å². The molecule has 0 fully saturated rings. The zero-order valence-corrected chi connectivity index (χ0v) is 10.8. The number of anilines is 2. The van der Waals surface area contributed by atoms with E-state index in [2.05, 4.69) is 5.32 Å². The van der Waals surface area contributed by atoms with Gasteiger partial charge in [0, 0.05) is 16.4 Å². The Balaban J connectivity index is 2.30. The maximum Gasteiger partial charge on any atom is 0.259 e. The molecule has 0 aliphatic carbocycles. The third-order valence-corrected chi connectivity index (χ3v) is 2.86. The lowest BCUT2D eigenvalue weighted by atomic mass is 10.1. The molecule has 18 heavy (non-hydrogen) atoms. The van der Waals surface area contributed by atoms with Gasteiger partial charge < -0.3 is 11.1 Å². The number of amides is 1. The van der Waals surface area contributed by atoms with Gasteiger partial charge in [0.25, 0.3) is 5.91 Å². The second kappa shape index (κ2) is 5.29. The first-order valence-electron chi connectivity index (χ1n) is 5.19. The van der Waals surface area contributed by atoms with Crippen LogP contribution >= 0.6 is 23.2 Å². The minimum Gasteiger partial charge on any atom is -0.398 e. The van der Waals surface area contributed by atoms with E-state index in [0.717, 1.165) is 0 Å². The molecule has 0 aliphatic heterocycles. The molecule has 2 aromatic rings. The summed E-state index contributed by atoms with van der Waals surface area (Å²) in [6.45, 7) is 0. The van der Waals surface area contributed by atoms with Gasteiger partial charge in [-0.15, -0.1) is 0 Å². The third kappa shape index (κ3) is 2.75. The van der Waals surface area contributed by atoms with Crippen molar-refractivity contribution in [3.8, 4) is 0 Å². The van der Waals surface area contributed by atoms with E-state index in [1.165, 1.54) is 12.1 Å². The lowest BCUT2D eigenvalue weighted by Gasteiger charge is -2.09. The van der Waals surface area contributed by atoms with Crippen molar-refractivity contribution in [1.82, 2.24) is 0 Å². The van der Waals surface area contributed by atoms with Crippen LogP contribution in [0.15, 0.2) is 42.5 Å². The summed E-state index contributed by atoms with van der Waals surface area (Å²) in [6, 6.07) is 12.0. The van der Waals surface area contributed by atoms with Gasteiger partial charge in [-0.25, -0.2) is 0 Å². The van der Waals surface area contributed by atoms with Crippen LogP contribution in [0.5, 0.6) is 0 Å². The average molecular weight is 281 g/mol. The highest BCUT2D eigenvalue weighted by Gasteiger charge is 2.15. The Labute approximate surface area is 115 Å². The molecule has 0 aromatic heterocycles. The summed E-state index contributed by atoms with van der Waals surface area (Å²) in [6.07, 6.45) is 0. The fourth-order valence-corrected chi connectivity index (χ4v) is 2.14. The third-order valence-electron chi connectivity index (χ3n) is 2.34. The van der Waals surface area contributed by atoms with Crippen molar-refractivity contribution in [2.75, 3.05) is 11.1 Å². The standard InChI is InChI=1S/C13H10Cl2N2O/c14-8-6-10(15)12(11(16)7-8)13(18)17-9-4-2-1-3-5-9/h1-7H,16H2,(H,17,18). The van der Waals surface area contributed by atoms with E-state index in [4.69, 9.17) is 28.9 Å². The van der Waals surface area contributed by atoms with Crippen LogP contribution in [0, 0.1) is 0 Å². The molecule has 0 saturated carbocycles. The Morgan fingerprint density at radius 3 is 2.39 bits per heavy atom. The van der Waals surface area contributed by atoms with Gasteiger partial charge in [-0.2, -0.15) is 0 Å². The highest BCUT2D eigenvalue weighted by Crippen LogP contribution is 2.27. The van der Waals surface area contributed by atoms with Gasteiger partial charge in [-0.05, 0) is 24.3 Å². The molecule has 0 spiro atoms. The molecular formula is C13H10Cl2N2O. The lowest BCUT2D eigenvalue weighted by Crippen LogP contribution is -2.14. The second-order valence-electron chi connectivity index (χ2n) is 3.67. The summed E-state index contributed by atoms with van der Waals surface area (Å²) >= 11 is 11.8. The Hall–Kier alpha value is -1.71. The molecule has 1 amide bonds. The number of para-hydroxylation sites is 1. The van der Waals surface area contributed by atoms with Crippen molar-refractivity contribution in [3.05, 3.63) is 58.1 Å². The van der Waals surface area contributed by atoms with E-state index < -0.39 is 0 Å². The Morgan fingerprint density at radius 2 is 1.78 bits per heavy atom. The fraction of sp³-hybridized carbons (Fsp3) is 0. The zero-order chi connectivity index (χ0) is 13.1. The van der Waals surface area contributed by atoms with E-state index in [-0.39, 0.29) is 22.2 Å². The highest BCUT2D eigenvalue weighted by molar-refractivity contribution is 6.38. The van der Waals surface area contributed by atoms with E-state index in [0.29, 0.717) is 10.7 Å². The molecule has 0 bridgehead atoms. The summed E-state index contributed by atoms with van der Waals surface area (Å²) in [5, 5.41) is 3.34. The monoisotopic (exact) mass is 280 g/mol. The molecule has 2 rings (SSSR count). The predicted molar refractivity (Wildman–Crippen MR) is 75.3 cm³/mol. The van der Waals surface area contributed by atoms with Gasteiger partial charge in [0.05, 0.1) is 10.6 Å². The number of hydrogen-bond acceptors (Lipinski definition) is 2. The normalized spacial score (nSPS) is 10.1. The molecule has 3 nitrogen and oxygen atoms in total. The molecule has 92 valence electrons. The van der Waals surface area contributed by atoms with Crippen molar-refractivity contribution < 1.29 is 4.79 Å². The van der Waals surface area contributed by atoms with E-state index in [1.54, 1.807) is 12.1 Å². The Bertz CT molecular complexity index is 562. The first-order valence-corrected chi connectivity index (χ1v) is 5.94. The smallest absolute Gasteiger partial charge is 0.259 e. The SMILES string of the molecule is Nc1cc(Cl)cc(Cl)c1C(=O)Nc1ccccc1. The van der Waals surface area contributed by atoms with Crippen LogP contribution in [0.25, 0.3) is 0 Å². The number of nitrogens with two attached hydrogens (primary N) is 1. The first-order chi connectivity index (χ1) is 8.58. The molecule has 0 atom stereocenters. The van der Waals surface area contributed by atoms with Crippen LogP contribution < -0.4 is 11.1 Å². The predicted octanol–water partition coefficient (Wildman–Crippen LogP) is 3.83. The quantitative estimate of drug-likeness (QED) is 0.822. The number of benzene rings is 2. The van der Waals surface area contributed by atoms with Gasteiger partial charge >= 0.3 is 0 Å². The molecule has 0 saturated heterocycles. The molecule has 0 radical (unpaired) electrons. The van der Waals surface area contributed by atoms with Crippen LogP contribution in [0.1, 0.15) is 10.4 Å². The number of halogens is 2. The number of carbonyl (C=O) groups is 1. The molecule has 2 aromatic carbocycles. The van der Waals surface area contributed by atoms with Crippen LogP contribution in [0.4, 0.5) is 11.4 Å². The number of nitrogens with one attached hydrogen (secondary N) is 1. The summed E-state index contributed by atoms with van der Waals surface area (Å²) in [7, 11) is 0. The van der Waals surface area contributed by atoms with Crippen molar-refractivity contribution >= 4 is 40.5 Å². The molecule has 5 heteroatoms. The van der Waals surface area contributed by atoms with E-state index in [9.17, 15) is 4.79 Å². The fourth-order valence-electron chi connectivity index (χ4n) is 1.55. The number of carbonyl (C=O) groups excluding carboxylic acids is 1. The molecule has 3 N–H and O–H groups in total. The van der Waals surface area contributed by atoms with Crippen molar-refractivity contribution in [1.29, 1.82) is 0 Å². The van der Waals surface area contributed by atoms with E-state index >= 15 is 0 Å². The lowest BCUT2D eigenvalue weighted by molar-refractivity contribution is 0.102. The van der Waals surface area contributed by atoms with Crippen molar-refractivity contribution in [3.63, 3.8) is 0 Å². The average Bonchev–Trinajstić information content (AvgIpc) is 2.28. The largest absolute Gasteiger partial charge is 0.398 e. The summed E-state index contributed by atoms with van der Waals surface area (Å²) < 4.78 is 0. The minimum atomic E-state index is -0.361. The molecule has 0 unspecified atom stereocenters. The topological polar surface area (TPSA) is 55.1 Å². The number of rotatable bonds is 2. The first kappa shape index (κ1) is 12.7. The Morgan fingerprint density at radius 1 is 1.11 bits per heavy atom. The van der Waals surface area contributed by atoms with E-state index in [1.807, 2.05) is 18.2 Å². The summed E-state index contributed by atoms with van der Waals surface area (Å²) in [4.78, 5) is 12.0. The van der Waals surface area contributed by atoms with Crippen LogP contribution in [0.2, 0.25) is 10.0 Å². The van der Waals surface area contributed by atoms with Gasteiger partial charge in [-0.3, -0.25) is 4.79 Å². The highest BCUT2D eigenvalue weighted by atomic mass is 35.5. The van der Waals surface area contributed by atoms with Gasteiger partial charge in [0.2, 0.25) is 0 Å². The summed E-state index contributed by atoms with van der Waals surface area (Å²) in [5.41, 5.74) is 6.90. The van der Waals surface area contributed by atoms with Gasteiger partial charge in [-0.1, -0.05) is 41.4 Å². The van der Waals surface area contributed by atoms with Gasteiger partial charge in [0.15, 0.2) is 0 Å². The minimum absolute atomic E-state index is 0.227. The molecular weight excluding hydrogens is 271 g/mol. The zero-order valence-electron chi connectivity index (χ0n) is 9.28. The van der Waals surface area contributed by atoms with Crippen molar-refractivity contribution in [2.24, 2.45) is 0 Å². The maximum atomic E-state index is 12.0. The van der Waals surface area contributed by atoms with Crippen molar-refractivity contribution in [2.45, 2.75) is 0 Å². The molecule has 0 aliphatic rings. The summed E-state index contributed by atoms with van der Waals surface area (Å²) in [5.74, 6) is -0.361. The Kier molecular flexibility index (Phi) is 3.75. The van der Waals surface area contributed by atoms with Gasteiger partial charge in [0.1, 0.15) is 0 Å². The maximum absolute atomic E-state index is 12.0. The number of hydrogen-bond donors (Lipinski definition) is 2. The van der Waals surface area contributed by atoms with Crippen LogP contribution in [-0.2, 0) is 0 Å². The molecule has 0 heterocycles. The second-order valence-corrected chi connectivity index (χ2v) is 4.52. The number of nitrogen functional groups attached to an aromatic ring is 1. The van der Waals surface area contributed by atoms with Crippen LogP contribution in [-0.4, -0.2) is 5.91 Å².